The summed E-state index contributed by atoms with van der Waals surface area (Å²) in [6.45, 7) is 1.94. The van der Waals surface area contributed by atoms with Gasteiger partial charge in [-0.2, -0.15) is 0 Å². The Morgan fingerprint density at radius 1 is 1.35 bits per heavy atom. The van der Waals surface area contributed by atoms with Gasteiger partial charge < -0.3 is 9.73 Å². The monoisotopic (exact) mass is 403 g/mol. The van der Waals surface area contributed by atoms with Crippen LogP contribution in [0.4, 0.5) is 5.13 Å². The highest BCUT2D eigenvalue weighted by molar-refractivity contribution is 7.80. The normalized spacial score (nSPS) is 10.8. The molecule has 132 valence electrons. The third-order valence-electron chi connectivity index (χ3n) is 3.37. The second-order valence-electron chi connectivity index (χ2n) is 5.28. The fourth-order valence-electron chi connectivity index (χ4n) is 2.07. The molecule has 0 spiro atoms. The number of carbonyl (C=O) groups excluding carboxylic acids is 1. The molecule has 0 fully saturated rings. The number of rotatable bonds is 4. The summed E-state index contributed by atoms with van der Waals surface area (Å²) in [6, 6.07) is 9.31. The molecule has 0 aliphatic rings. The van der Waals surface area contributed by atoms with Crippen molar-refractivity contribution in [1.29, 1.82) is 0 Å². The number of nitrogens with zero attached hydrogens (tertiary/aromatic N) is 1. The van der Waals surface area contributed by atoms with E-state index in [-0.39, 0.29) is 11.0 Å². The molecule has 5 nitrogen and oxygen atoms in total. The molecule has 3 rings (SSSR count). The first-order valence-electron chi connectivity index (χ1n) is 7.57. The van der Waals surface area contributed by atoms with E-state index in [1.165, 1.54) is 17.4 Å². The van der Waals surface area contributed by atoms with E-state index < -0.39 is 0 Å². The van der Waals surface area contributed by atoms with E-state index in [0.717, 1.165) is 11.1 Å². The minimum absolute atomic E-state index is 0.184. The van der Waals surface area contributed by atoms with Gasteiger partial charge in [0.25, 0.3) is 0 Å². The van der Waals surface area contributed by atoms with Crippen LogP contribution in [0.15, 0.2) is 52.4 Å². The Bertz CT molecular complexity index is 965. The fourth-order valence-corrected chi connectivity index (χ4v) is 3.04. The van der Waals surface area contributed by atoms with Crippen molar-refractivity contribution in [3.05, 3.63) is 64.3 Å². The first kappa shape index (κ1) is 18.3. The van der Waals surface area contributed by atoms with Crippen LogP contribution in [-0.2, 0) is 4.79 Å². The summed E-state index contributed by atoms with van der Waals surface area (Å²) in [5.41, 5.74) is 1.87. The van der Waals surface area contributed by atoms with E-state index in [2.05, 4.69) is 15.6 Å². The molecule has 0 atom stereocenters. The Hall–Kier alpha value is -2.48. The van der Waals surface area contributed by atoms with Crippen LogP contribution in [-0.4, -0.2) is 16.0 Å². The van der Waals surface area contributed by atoms with E-state index in [1.54, 1.807) is 18.3 Å². The zero-order valence-electron chi connectivity index (χ0n) is 13.7. The molecule has 8 heteroatoms. The van der Waals surface area contributed by atoms with Crippen LogP contribution in [0, 0.1) is 6.92 Å². The Morgan fingerprint density at radius 2 is 2.19 bits per heavy atom. The molecule has 0 radical (unpaired) electrons. The van der Waals surface area contributed by atoms with Crippen molar-refractivity contribution < 1.29 is 9.21 Å². The van der Waals surface area contributed by atoms with Gasteiger partial charge in [0, 0.05) is 28.2 Å². The molecule has 0 saturated heterocycles. The van der Waals surface area contributed by atoms with Gasteiger partial charge in [-0.15, -0.1) is 11.3 Å². The van der Waals surface area contributed by atoms with Gasteiger partial charge in [0.15, 0.2) is 10.2 Å². The molecule has 0 bridgehead atoms. The van der Waals surface area contributed by atoms with E-state index >= 15 is 0 Å². The summed E-state index contributed by atoms with van der Waals surface area (Å²) < 4.78 is 5.72. The summed E-state index contributed by atoms with van der Waals surface area (Å²) in [5.74, 6) is 0.856. The molecular formula is C18H14ClN3O2S2. The lowest BCUT2D eigenvalue weighted by molar-refractivity contribution is -0.115. The predicted molar refractivity (Wildman–Crippen MR) is 109 cm³/mol. The van der Waals surface area contributed by atoms with E-state index in [9.17, 15) is 4.79 Å². The van der Waals surface area contributed by atoms with Gasteiger partial charge in [0.1, 0.15) is 11.5 Å². The van der Waals surface area contributed by atoms with Crippen molar-refractivity contribution in [2.45, 2.75) is 6.92 Å². The quantitative estimate of drug-likeness (QED) is 0.479. The SMILES string of the molecule is Cc1ccc(-c2ccc(/C=C/C(=O)NC(=S)Nc3nccs3)o2)cc1Cl. The number of amides is 1. The first-order valence-corrected chi connectivity index (χ1v) is 9.24. The van der Waals surface area contributed by atoms with Gasteiger partial charge in [-0.1, -0.05) is 23.7 Å². The maximum absolute atomic E-state index is 11.9. The van der Waals surface area contributed by atoms with Crippen molar-refractivity contribution in [3.63, 3.8) is 0 Å². The van der Waals surface area contributed by atoms with Gasteiger partial charge in [0.2, 0.25) is 5.91 Å². The number of carbonyl (C=O) groups is 1. The standard InChI is InChI=1S/C18H14ClN3O2S2/c1-11-2-3-12(10-14(11)19)15-6-4-13(24-15)5-7-16(23)21-17(25)22-18-20-8-9-26-18/h2-10H,1H3,(H2,20,21,22,23,25)/b7-5+. The number of anilines is 1. The summed E-state index contributed by atoms with van der Waals surface area (Å²) >= 11 is 12.6. The summed E-state index contributed by atoms with van der Waals surface area (Å²) in [6.07, 6.45) is 4.56. The molecule has 1 aromatic carbocycles. The second kappa shape index (κ2) is 8.27. The summed E-state index contributed by atoms with van der Waals surface area (Å²) in [4.78, 5) is 15.9. The Morgan fingerprint density at radius 3 is 2.92 bits per heavy atom. The number of aromatic nitrogens is 1. The number of benzene rings is 1. The van der Waals surface area contributed by atoms with Crippen LogP contribution in [0.5, 0.6) is 0 Å². The second-order valence-corrected chi connectivity index (χ2v) is 6.99. The molecular weight excluding hydrogens is 390 g/mol. The summed E-state index contributed by atoms with van der Waals surface area (Å²) in [7, 11) is 0. The van der Waals surface area contributed by atoms with Crippen molar-refractivity contribution in [1.82, 2.24) is 10.3 Å². The molecule has 2 aromatic heterocycles. The maximum atomic E-state index is 11.9. The van der Waals surface area contributed by atoms with Gasteiger partial charge >= 0.3 is 0 Å². The average Bonchev–Trinajstić information content (AvgIpc) is 3.27. The zero-order valence-corrected chi connectivity index (χ0v) is 16.0. The lowest BCUT2D eigenvalue weighted by Gasteiger charge is -2.04. The van der Waals surface area contributed by atoms with Crippen LogP contribution in [0.25, 0.3) is 17.4 Å². The number of hydrogen-bond donors (Lipinski definition) is 2. The van der Waals surface area contributed by atoms with E-state index in [0.29, 0.717) is 21.7 Å². The molecule has 0 unspecified atom stereocenters. The number of thiocarbonyl (C=S) groups is 1. The molecule has 2 N–H and O–H groups in total. The largest absolute Gasteiger partial charge is 0.457 e. The lowest BCUT2D eigenvalue weighted by Crippen LogP contribution is -2.32. The number of furan rings is 1. The minimum Gasteiger partial charge on any atom is -0.457 e. The Kier molecular flexibility index (Phi) is 5.82. The number of hydrogen-bond acceptors (Lipinski definition) is 5. The van der Waals surface area contributed by atoms with Crippen molar-refractivity contribution in [2.75, 3.05) is 5.32 Å². The highest BCUT2D eigenvalue weighted by Crippen LogP contribution is 2.27. The van der Waals surface area contributed by atoms with Crippen LogP contribution in [0.1, 0.15) is 11.3 Å². The van der Waals surface area contributed by atoms with E-state index in [1.807, 2.05) is 36.6 Å². The molecule has 3 aromatic rings. The topological polar surface area (TPSA) is 67.2 Å². The Balaban J connectivity index is 1.60. The van der Waals surface area contributed by atoms with Gasteiger partial charge in [-0.25, -0.2) is 4.98 Å². The smallest absolute Gasteiger partial charge is 0.250 e. The fraction of sp³-hybridized carbons (Fsp3) is 0.0556. The van der Waals surface area contributed by atoms with Crippen molar-refractivity contribution >= 4 is 57.4 Å². The van der Waals surface area contributed by atoms with Gasteiger partial charge in [-0.3, -0.25) is 10.1 Å². The van der Waals surface area contributed by atoms with Gasteiger partial charge in [-0.05, 0) is 49.0 Å². The highest BCUT2D eigenvalue weighted by atomic mass is 35.5. The molecule has 0 aliphatic carbocycles. The summed E-state index contributed by atoms with van der Waals surface area (Å²) in [5, 5.41) is 8.65. The predicted octanol–water partition coefficient (Wildman–Crippen LogP) is 4.89. The number of thiazole rings is 1. The minimum atomic E-state index is -0.365. The van der Waals surface area contributed by atoms with Crippen LogP contribution < -0.4 is 10.6 Å². The van der Waals surface area contributed by atoms with Crippen molar-refractivity contribution in [3.8, 4) is 11.3 Å². The third kappa shape index (κ3) is 4.78. The zero-order chi connectivity index (χ0) is 18.5. The third-order valence-corrected chi connectivity index (χ3v) is 4.67. The van der Waals surface area contributed by atoms with Crippen molar-refractivity contribution in [2.24, 2.45) is 0 Å². The van der Waals surface area contributed by atoms with Gasteiger partial charge in [0.05, 0.1) is 0 Å². The lowest BCUT2D eigenvalue weighted by atomic mass is 10.1. The molecule has 2 heterocycles. The average molecular weight is 404 g/mol. The Labute approximate surface area is 164 Å². The molecule has 0 aliphatic heterocycles. The highest BCUT2D eigenvalue weighted by Gasteiger charge is 2.06. The molecule has 26 heavy (non-hydrogen) atoms. The first-order chi connectivity index (χ1) is 12.5. The number of aryl methyl sites for hydroxylation is 1. The number of halogens is 1. The maximum Gasteiger partial charge on any atom is 0.250 e. The van der Waals surface area contributed by atoms with E-state index in [4.69, 9.17) is 28.2 Å². The number of nitrogens with one attached hydrogen (secondary N) is 2. The van der Waals surface area contributed by atoms with Crippen LogP contribution >= 0.6 is 35.2 Å². The molecule has 1 amide bonds. The van der Waals surface area contributed by atoms with Crippen LogP contribution in [0.2, 0.25) is 5.02 Å². The van der Waals surface area contributed by atoms with Crippen LogP contribution in [0.3, 0.4) is 0 Å². The molecule has 0 saturated carbocycles.